The number of ether oxygens (including phenoxy) is 5. The number of aromatic nitrogens is 1. The summed E-state index contributed by atoms with van der Waals surface area (Å²) in [5.74, 6) is 1.20. The summed E-state index contributed by atoms with van der Waals surface area (Å²) in [6, 6.07) is 9.99. The third-order valence-electron chi connectivity index (χ3n) is 7.37. The normalized spacial score (nSPS) is 14.2. The van der Waals surface area contributed by atoms with Crippen molar-refractivity contribution in [1.82, 2.24) is 9.88 Å². The first-order valence-corrected chi connectivity index (χ1v) is 16.7. The summed E-state index contributed by atoms with van der Waals surface area (Å²) in [7, 11) is -1.57. The van der Waals surface area contributed by atoms with E-state index in [9.17, 15) is 13.2 Å². The van der Waals surface area contributed by atoms with Gasteiger partial charge in [-0.05, 0) is 74.0 Å². The molecule has 0 radical (unpaired) electrons. The second-order valence-electron chi connectivity index (χ2n) is 10.5. The fourth-order valence-corrected chi connectivity index (χ4v) is 7.14. The number of methoxy groups -OCH3 is 2. The number of hydrogen-bond acceptors (Lipinski definition) is 11. The molecule has 0 aliphatic carbocycles. The van der Waals surface area contributed by atoms with Crippen molar-refractivity contribution in [2.75, 3.05) is 45.2 Å². The first-order valence-electron chi connectivity index (χ1n) is 14.3. The van der Waals surface area contributed by atoms with Crippen LogP contribution in [0.15, 0.2) is 58.9 Å². The Morgan fingerprint density at radius 2 is 1.87 bits per heavy atom. The van der Waals surface area contributed by atoms with Crippen LogP contribution in [0.5, 0.6) is 28.1 Å². The van der Waals surface area contributed by atoms with E-state index in [2.05, 4.69) is 26.3 Å². The van der Waals surface area contributed by atoms with E-state index in [-0.39, 0.29) is 21.4 Å². The predicted molar refractivity (Wildman–Crippen MR) is 168 cm³/mol. The van der Waals surface area contributed by atoms with Crippen molar-refractivity contribution in [3.8, 4) is 28.1 Å². The highest BCUT2D eigenvalue weighted by atomic mass is 32.2. The van der Waals surface area contributed by atoms with Gasteiger partial charge in [-0.3, -0.25) is 9.71 Å². The lowest BCUT2D eigenvalue weighted by Crippen LogP contribution is -2.34. The molecule has 2 aromatic carbocycles. The fraction of sp³-hybridized carbons (Fsp3) is 0.355. The van der Waals surface area contributed by atoms with Gasteiger partial charge in [-0.15, -0.1) is 11.3 Å². The molecule has 14 heteroatoms. The Hall–Kier alpha value is -4.14. The van der Waals surface area contributed by atoms with E-state index in [1.165, 1.54) is 36.4 Å². The van der Waals surface area contributed by atoms with Crippen LogP contribution in [0.1, 0.15) is 26.2 Å². The van der Waals surface area contributed by atoms with E-state index < -0.39 is 22.0 Å². The van der Waals surface area contributed by atoms with E-state index in [1.807, 2.05) is 0 Å². The maximum absolute atomic E-state index is 15.2. The van der Waals surface area contributed by atoms with Crippen LogP contribution in [-0.2, 0) is 14.8 Å². The zero-order valence-electron chi connectivity index (χ0n) is 25.1. The van der Waals surface area contributed by atoms with Crippen molar-refractivity contribution in [3.63, 3.8) is 0 Å². The largest absolute Gasteiger partial charge is 0.514 e. The van der Waals surface area contributed by atoms with Gasteiger partial charge in [0.25, 0.3) is 10.0 Å². The van der Waals surface area contributed by atoms with E-state index in [0.717, 1.165) is 56.5 Å². The molecule has 1 aliphatic heterocycles. The third kappa shape index (κ3) is 7.93. The van der Waals surface area contributed by atoms with Gasteiger partial charge in [0.1, 0.15) is 10.6 Å². The van der Waals surface area contributed by atoms with Crippen LogP contribution in [0.25, 0.3) is 10.9 Å². The molecule has 0 saturated carbocycles. The monoisotopic (exact) mass is 659 g/mol. The summed E-state index contributed by atoms with van der Waals surface area (Å²) in [6.45, 7) is 6.04. The molecule has 1 N–H and O–H groups in total. The minimum atomic E-state index is -4.22. The molecule has 45 heavy (non-hydrogen) atoms. The molecule has 3 heterocycles. The van der Waals surface area contributed by atoms with Gasteiger partial charge in [0, 0.05) is 30.3 Å². The van der Waals surface area contributed by atoms with Crippen molar-refractivity contribution in [2.24, 2.45) is 5.92 Å². The number of nitrogens with zero attached hydrogens (tertiary/aromatic N) is 2. The molecule has 0 atom stereocenters. The van der Waals surface area contributed by atoms with Gasteiger partial charge in [-0.25, -0.2) is 17.6 Å². The molecule has 0 unspecified atom stereocenters. The van der Waals surface area contributed by atoms with Crippen LogP contribution in [0.2, 0.25) is 0 Å². The molecular formula is C31H34FN3O8S2. The average Bonchev–Trinajstić information content (AvgIpc) is 3.50. The van der Waals surface area contributed by atoms with Crippen LogP contribution in [-0.4, -0.2) is 64.9 Å². The minimum absolute atomic E-state index is 0.0621. The Bertz CT molecular complexity index is 1760. The number of benzene rings is 2. The molecule has 4 aromatic rings. The van der Waals surface area contributed by atoms with Gasteiger partial charge >= 0.3 is 6.16 Å². The standard InChI is InChI=1S/C31H34FN3O8S2/c1-20-8-13-35(14-9-20)12-4-15-41-28-19-24-22(18-27(28)39-2)25(7-11-33-24)42-26-6-5-21(17-23(26)32)34-45(37,38)29-10-16-44-30(29)43-31(36)40-3/h5-7,10-11,16-20,34H,4,8-9,12-15H2,1-3H3. The second-order valence-corrected chi connectivity index (χ2v) is 13.1. The molecule has 0 amide bonds. The molecule has 2 aromatic heterocycles. The Morgan fingerprint density at radius 3 is 2.60 bits per heavy atom. The van der Waals surface area contributed by atoms with Gasteiger partial charge in [0.2, 0.25) is 5.06 Å². The molecule has 0 bridgehead atoms. The Morgan fingerprint density at radius 1 is 1.07 bits per heavy atom. The van der Waals surface area contributed by atoms with Crippen molar-refractivity contribution < 1.29 is 41.3 Å². The maximum atomic E-state index is 15.2. The zero-order valence-corrected chi connectivity index (χ0v) is 26.7. The summed E-state index contributed by atoms with van der Waals surface area (Å²) in [5.41, 5.74) is 0.506. The van der Waals surface area contributed by atoms with Crippen LogP contribution in [0, 0.1) is 11.7 Å². The van der Waals surface area contributed by atoms with Crippen molar-refractivity contribution in [1.29, 1.82) is 0 Å². The average molecular weight is 660 g/mol. The number of anilines is 1. The van der Waals surface area contributed by atoms with Crippen LogP contribution < -0.4 is 23.7 Å². The van der Waals surface area contributed by atoms with Gasteiger partial charge in [-0.1, -0.05) is 6.92 Å². The lowest BCUT2D eigenvalue weighted by molar-refractivity contribution is 0.122. The quantitative estimate of drug-likeness (QED) is 0.130. The van der Waals surface area contributed by atoms with E-state index in [4.69, 9.17) is 18.9 Å². The number of hydrogen-bond donors (Lipinski definition) is 1. The number of pyridine rings is 1. The highest BCUT2D eigenvalue weighted by Crippen LogP contribution is 2.38. The molecule has 1 aliphatic rings. The second kappa shape index (κ2) is 14.3. The van der Waals surface area contributed by atoms with E-state index in [0.29, 0.717) is 34.8 Å². The van der Waals surface area contributed by atoms with Crippen LogP contribution >= 0.6 is 11.3 Å². The highest BCUT2D eigenvalue weighted by molar-refractivity contribution is 7.93. The molecule has 5 rings (SSSR count). The van der Waals surface area contributed by atoms with E-state index >= 15 is 4.39 Å². The Labute approximate surface area is 264 Å². The van der Waals surface area contributed by atoms with Gasteiger partial charge in [0.05, 0.1) is 32.0 Å². The number of rotatable bonds is 12. The number of carbonyl (C=O) groups excluding carboxylic acids is 1. The lowest BCUT2D eigenvalue weighted by atomic mass is 9.99. The summed E-state index contributed by atoms with van der Waals surface area (Å²) >= 11 is 0.892. The van der Waals surface area contributed by atoms with Crippen LogP contribution in [0.3, 0.4) is 0 Å². The number of carbonyl (C=O) groups is 1. The summed E-state index contributed by atoms with van der Waals surface area (Å²) in [5, 5.41) is 1.82. The third-order valence-corrected chi connectivity index (χ3v) is 9.69. The van der Waals surface area contributed by atoms with Crippen molar-refractivity contribution >= 4 is 44.1 Å². The molecule has 0 spiro atoms. The number of sulfonamides is 1. The number of nitrogens with one attached hydrogen (secondary N) is 1. The smallest absolute Gasteiger partial charge is 0.493 e. The maximum Gasteiger partial charge on any atom is 0.514 e. The predicted octanol–water partition coefficient (Wildman–Crippen LogP) is 6.68. The Kier molecular flexibility index (Phi) is 10.3. The first kappa shape index (κ1) is 32.3. The fourth-order valence-electron chi connectivity index (χ4n) is 4.90. The Balaban J connectivity index is 1.27. The highest BCUT2D eigenvalue weighted by Gasteiger charge is 2.24. The summed E-state index contributed by atoms with van der Waals surface area (Å²) < 4.78 is 70.2. The van der Waals surface area contributed by atoms with E-state index in [1.54, 1.807) is 31.5 Å². The van der Waals surface area contributed by atoms with Crippen molar-refractivity contribution in [2.45, 2.75) is 31.1 Å². The number of likely N-dealkylation sites (tertiary alicyclic amines) is 1. The molecule has 1 fully saturated rings. The summed E-state index contributed by atoms with van der Waals surface area (Å²) in [4.78, 5) is 18.1. The molecule has 240 valence electrons. The number of thiophene rings is 1. The number of halogens is 1. The first-order chi connectivity index (χ1) is 21.7. The molecule has 1 saturated heterocycles. The summed E-state index contributed by atoms with van der Waals surface area (Å²) in [6.07, 6.45) is 3.82. The van der Waals surface area contributed by atoms with Crippen LogP contribution in [0.4, 0.5) is 14.9 Å². The number of fused-ring (bicyclic) bond motifs is 1. The lowest BCUT2D eigenvalue weighted by Gasteiger charge is -2.30. The van der Waals surface area contributed by atoms with Gasteiger partial charge in [0.15, 0.2) is 23.1 Å². The van der Waals surface area contributed by atoms with Gasteiger partial charge < -0.3 is 28.6 Å². The number of piperidine rings is 1. The minimum Gasteiger partial charge on any atom is -0.493 e. The molecular weight excluding hydrogens is 625 g/mol. The topological polar surface area (TPSA) is 126 Å². The zero-order chi connectivity index (χ0) is 32.0. The van der Waals surface area contributed by atoms with Gasteiger partial charge in [-0.2, -0.15) is 0 Å². The SMILES string of the molecule is COC(=O)Oc1sccc1S(=O)(=O)Nc1ccc(Oc2ccnc3cc(OCCCN4CCC(C)CC4)c(OC)cc23)c(F)c1. The molecule has 11 nitrogen and oxygen atoms in total. The van der Waals surface area contributed by atoms with Crippen molar-refractivity contribution in [3.05, 3.63) is 59.9 Å².